The van der Waals surface area contributed by atoms with Gasteiger partial charge in [0.15, 0.2) is 0 Å². The molecule has 0 bridgehead atoms. The normalized spacial score (nSPS) is 22.7. The molecule has 1 heterocycles. The van der Waals surface area contributed by atoms with Gasteiger partial charge in [-0.3, -0.25) is 4.79 Å². The van der Waals surface area contributed by atoms with Gasteiger partial charge in [0, 0.05) is 13.1 Å². The third-order valence-electron chi connectivity index (χ3n) is 3.02. The minimum atomic E-state index is -3.36. The van der Waals surface area contributed by atoms with E-state index in [4.69, 9.17) is 10.2 Å². The van der Waals surface area contributed by atoms with Crippen molar-refractivity contribution in [3.63, 3.8) is 0 Å². The van der Waals surface area contributed by atoms with Crippen LogP contribution >= 0.6 is 0 Å². The Balaban J connectivity index is 2.65. The average molecular weight is 294 g/mol. The highest BCUT2D eigenvalue weighted by molar-refractivity contribution is 7.88. The van der Waals surface area contributed by atoms with Gasteiger partial charge in [-0.25, -0.2) is 17.5 Å². The van der Waals surface area contributed by atoms with E-state index in [1.54, 1.807) is 0 Å². The highest BCUT2D eigenvalue weighted by Gasteiger charge is 2.31. The molecule has 1 saturated heterocycles. The minimum Gasteiger partial charge on any atom is -0.480 e. The third kappa shape index (κ3) is 4.44. The molecule has 0 aromatic heterocycles. The molecule has 19 heavy (non-hydrogen) atoms. The maximum atomic E-state index is 11.8. The summed E-state index contributed by atoms with van der Waals surface area (Å²) in [4.78, 5) is 22.5. The van der Waals surface area contributed by atoms with E-state index in [2.05, 4.69) is 5.32 Å². The predicted octanol–water partition coefficient (Wildman–Crippen LogP) is -1.78. The van der Waals surface area contributed by atoms with Gasteiger partial charge in [0.2, 0.25) is 15.9 Å². The van der Waals surface area contributed by atoms with Gasteiger partial charge in [-0.15, -0.1) is 0 Å². The summed E-state index contributed by atoms with van der Waals surface area (Å²) in [6.45, 7) is -0.295. The van der Waals surface area contributed by atoms with Crippen LogP contribution in [0.3, 0.4) is 0 Å². The Hall–Kier alpha value is -1.19. The van der Waals surface area contributed by atoms with Gasteiger partial charge in [0.1, 0.15) is 6.04 Å². The van der Waals surface area contributed by atoms with Gasteiger partial charge in [0.05, 0.1) is 18.8 Å². The van der Waals surface area contributed by atoms with Gasteiger partial charge < -0.3 is 15.5 Å². The van der Waals surface area contributed by atoms with Crippen molar-refractivity contribution in [3.8, 4) is 0 Å². The van der Waals surface area contributed by atoms with Crippen LogP contribution in [-0.2, 0) is 19.6 Å². The number of hydrogen-bond donors (Lipinski definition) is 3. The number of carboxylic acid groups (broad SMARTS) is 1. The largest absolute Gasteiger partial charge is 0.480 e. The molecule has 2 atom stereocenters. The summed E-state index contributed by atoms with van der Waals surface area (Å²) in [6.07, 6.45) is 2.11. The average Bonchev–Trinajstić information content (AvgIpc) is 2.34. The van der Waals surface area contributed by atoms with Crippen molar-refractivity contribution < 1.29 is 28.2 Å². The van der Waals surface area contributed by atoms with Crippen molar-refractivity contribution in [1.82, 2.24) is 9.62 Å². The second-order valence-corrected chi connectivity index (χ2v) is 6.52. The lowest BCUT2D eigenvalue weighted by Crippen LogP contribution is -2.50. The molecule has 1 unspecified atom stereocenters. The number of aliphatic hydroxyl groups is 1. The number of hydrogen-bond acceptors (Lipinski definition) is 5. The Morgan fingerprint density at radius 1 is 1.47 bits per heavy atom. The number of carbonyl (C=O) groups is 2. The van der Waals surface area contributed by atoms with Gasteiger partial charge in [-0.1, -0.05) is 0 Å². The quantitative estimate of drug-likeness (QED) is 0.550. The molecule has 1 fully saturated rings. The number of amides is 1. The van der Waals surface area contributed by atoms with Gasteiger partial charge in [-0.05, 0) is 12.8 Å². The summed E-state index contributed by atoms with van der Waals surface area (Å²) >= 11 is 0. The minimum absolute atomic E-state index is 0.0441. The predicted molar refractivity (Wildman–Crippen MR) is 65.8 cm³/mol. The van der Waals surface area contributed by atoms with Crippen LogP contribution in [0.25, 0.3) is 0 Å². The Morgan fingerprint density at radius 3 is 2.58 bits per heavy atom. The van der Waals surface area contributed by atoms with Crippen LogP contribution in [0.5, 0.6) is 0 Å². The fraction of sp³-hybridized carbons (Fsp3) is 0.800. The van der Waals surface area contributed by atoms with Crippen molar-refractivity contribution in [2.24, 2.45) is 5.92 Å². The number of carboxylic acids is 1. The van der Waals surface area contributed by atoms with E-state index in [1.165, 1.54) is 4.31 Å². The SMILES string of the molecule is CS(=O)(=O)N1CCCC(C(=O)N[C@H](CO)C(=O)O)C1. The highest BCUT2D eigenvalue weighted by Crippen LogP contribution is 2.18. The molecule has 1 amide bonds. The fourth-order valence-electron chi connectivity index (χ4n) is 1.93. The number of nitrogens with zero attached hydrogens (tertiary/aromatic N) is 1. The number of aliphatic carboxylic acids is 1. The Kier molecular flexibility index (Phi) is 5.27. The van der Waals surface area contributed by atoms with Crippen LogP contribution < -0.4 is 5.32 Å². The summed E-state index contributed by atoms with van der Waals surface area (Å²) in [5.41, 5.74) is 0. The second kappa shape index (κ2) is 6.31. The lowest BCUT2D eigenvalue weighted by molar-refractivity contribution is -0.143. The van der Waals surface area contributed by atoms with Crippen molar-refractivity contribution in [1.29, 1.82) is 0 Å². The highest BCUT2D eigenvalue weighted by atomic mass is 32.2. The number of aliphatic hydroxyl groups excluding tert-OH is 1. The van der Waals surface area contributed by atoms with E-state index in [1.807, 2.05) is 0 Å². The first kappa shape index (κ1) is 15.9. The van der Waals surface area contributed by atoms with Crippen molar-refractivity contribution >= 4 is 21.9 Å². The summed E-state index contributed by atoms with van der Waals surface area (Å²) < 4.78 is 24.0. The molecule has 0 aromatic rings. The molecule has 0 radical (unpaired) electrons. The van der Waals surface area contributed by atoms with Crippen LogP contribution in [0.1, 0.15) is 12.8 Å². The van der Waals surface area contributed by atoms with Crippen LogP contribution in [0.2, 0.25) is 0 Å². The number of rotatable bonds is 5. The van der Waals surface area contributed by atoms with Crippen molar-refractivity contribution in [2.45, 2.75) is 18.9 Å². The van der Waals surface area contributed by atoms with Gasteiger partial charge in [-0.2, -0.15) is 0 Å². The van der Waals surface area contributed by atoms with Gasteiger partial charge >= 0.3 is 5.97 Å². The maximum Gasteiger partial charge on any atom is 0.328 e. The lowest BCUT2D eigenvalue weighted by atomic mass is 9.98. The zero-order chi connectivity index (χ0) is 14.6. The van der Waals surface area contributed by atoms with Crippen LogP contribution in [0.4, 0.5) is 0 Å². The van der Waals surface area contributed by atoms with Crippen LogP contribution in [0, 0.1) is 5.92 Å². The maximum absolute atomic E-state index is 11.8. The molecule has 0 spiro atoms. The number of carbonyl (C=O) groups excluding carboxylic acids is 1. The smallest absolute Gasteiger partial charge is 0.328 e. The topological polar surface area (TPSA) is 124 Å². The summed E-state index contributed by atoms with van der Waals surface area (Å²) in [7, 11) is -3.36. The monoisotopic (exact) mass is 294 g/mol. The molecule has 9 heteroatoms. The van der Waals surface area contributed by atoms with E-state index < -0.39 is 40.5 Å². The molecule has 0 saturated carbocycles. The molecule has 0 aliphatic carbocycles. The zero-order valence-corrected chi connectivity index (χ0v) is 11.4. The summed E-state index contributed by atoms with van der Waals surface area (Å²) in [5, 5.41) is 19.7. The van der Waals surface area contributed by atoms with Crippen LogP contribution in [0.15, 0.2) is 0 Å². The van der Waals surface area contributed by atoms with Crippen molar-refractivity contribution in [2.75, 3.05) is 26.0 Å². The standard InChI is InChI=1S/C10H18N2O6S/c1-19(17,18)12-4-2-3-7(5-12)9(14)11-8(6-13)10(15)16/h7-8,13H,2-6H2,1H3,(H,11,14)(H,15,16)/t7?,8-/m1/s1. The Bertz CT molecular complexity index is 449. The third-order valence-corrected chi connectivity index (χ3v) is 4.29. The van der Waals surface area contributed by atoms with E-state index in [9.17, 15) is 18.0 Å². The number of piperidine rings is 1. The van der Waals surface area contributed by atoms with Crippen molar-refractivity contribution in [3.05, 3.63) is 0 Å². The summed E-state index contributed by atoms with van der Waals surface area (Å²) in [6, 6.07) is -1.36. The van der Waals surface area contributed by atoms with Gasteiger partial charge in [0.25, 0.3) is 0 Å². The molecule has 0 aromatic carbocycles. The first-order valence-corrected chi connectivity index (χ1v) is 7.69. The second-order valence-electron chi connectivity index (χ2n) is 4.54. The molecular formula is C10H18N2O6S. The van der Waals surface area contributed by atoms with Crippen LogP contribution in [-0.4, -0.2) is 66.8 Å². The molecule has 110 valence electrons. The van der Waals surface area contributed by atoms with E-state index in [0.29, 0.717) is 19.4 Å². The molecular weight excluding hydrogens is 276 g/mol. The molecule has 1 rings (SSSR count). The summed E-state index contributed by atoms with van der Waals surface area (Å²) in [5.74, 6) is -2.46. The zero-order valence-electron chi connectivity index (χ0n) is 10.6. The molecule has 1 aliphatic rings. The molecule has 8 nitrogen and oxygen atoms in total. The molecule has 3 N–H and O–H groups in total. The lowest BCUT2D eigenvalue weighted by Gasteiger charge is -2.30. The van der Waals surface area contributed by atoms with E-state index >= 15 is 0 Å². The first-order chi connectivity index (χ1) is 8.75. The Labute approximate surface area is 111 Å². The van der Waals surface area contributed by atoms with E-state index in [-0.39, 0.29) is 6.54 Å². The first-order valence-electron chi connectivity index (χ1n) is 5.85. The van der Waals surface area contributed by atoms with E-state index in [0.717, 1.165) is 6.26 Å². The fourth-order valence-corrected chi connectivity index (χ4v) is 2.84. The Morgan fingerprint density at radius 2 is 2.11 bits per heavy atom. The number of nitrogens with one attached hydrogen (secondary N) is 1. The molecule has 1 aliphatic heterocycles. The number of sulfonamides is 1.